The van der Waals surface area contributed by atoms with Crippen molar-refractivity contribution in [3.8, 4) is 23.0 Å². The van der Waals surface area contributed by atoms with Gasteiger partial charge in [-0.2, -0.15) is 0 Å². The van der Waals surface area contributed by atoms with Gasteiger partial charge in [-0.3, -0.25) is 9.59 Å². The molecular formula is C31H36O10. The lowest BCUT2D eigenvalue weighted by molar-refractivity contribution is -0.138. The minimum Gasteiger partial charge on any atom is -0.493 e. The van der Waals surface area contributed by atoms with Gasteiger partial charge in [0, 0.05) is 12.8 Å². The van der Waals surface area contributed by atoms with Crippen molar-refractivity contribution in [2.75, 3.05) is 27.4 Å². The van der Waals surface area contributed by atoms with Gasteiger partial charge in [0.1, 0.15) is 11.6 Å². The normalized spacial score (nSPS) is 10.8. The highest BCUT2D eigenvalue weighted by molar-refractivity contribution is 5.99. The van der Waals surface area contributed by atoms with Gasteiger partial charge in [-0.05, 0) is 62.1 Å². The summed E-state index contributed by atoms with van der Waals surface area (Å²) in [5, 5.41) is 0. The van der Waals surface area contributed by atoms with Crippen molar-refractivity contribution in [1.82, 2.24) is 0 Å². The van der Waals surface area contributed by atoms with Crippen molar-refractivity contribution in [1.29, 1.82) is 0 Å². The van der Waals surface area contributed by atoms with E-state index in [1.807, 2.05) is 0 Å². The Morgan fingerprint density at radius 3 is 1.41 bits per heavy atom. The van der Waals surface area contributed by atoms with E-state index in [2.05, 4.69) is 0 Å². The second kappa shape index (κ2) is 17.9. The van der Waals surface area contributed by atoms with Crippen molar-refractivity contribution < 1.29 is 47.6 Å². The van der Waals surface area contributed by atoms with E-state index in [0.717, 1.165) is 11.1 Å². The maximum Gasteiger partial charge on any atom is 0.333 e. The molecule has 10 nitrogen and oxygen atoms in total. The standard InChI is InChI=1S/C31H36O10/c1-5-38-30(34)15-17-40-26-13-9-22(19-28(26)36-3)7-11-24(32)21-25(33)12-8-23-10-14-27(29(20-23)37-4)41-18-16-31(35)39-6-2/h9-10,13-20H,5-8,11-12,21H2,1-4H3/b17-15+,18-16+. The van der Waals surface area contributed by atoms with Gasteiger partial charge in [-0.15, -0.1) is 0 Å². The number of ketones is 2. The van der Waals surface area contributed by atoms with Crippen molar-refractivity contribution >= 4 is 23.5 Å². The van der Waals surface area contributed by atoms with E-state index in [9.17, 15) is 19.2 Å². The van der Waals surface area contributed by atoms with E-state index in [4.69, 9.17) is 28.4 Å². The predicted octanol–water partition coefficient (Wildman–Crippen LogP) is 4.71. The SMILES string of the molecule is CCOC(=O)/C=C/Oc1ccc(CCC(=O)CC(=O)CCc2ccc(O/C=C/C(=O)OCC)c(OC)c2)cc1OC. The summed E-state index contributed by atoms with van der Waals surface area (Å²) in [7, 11) is 2.98. The van der Waals surface area contributed by atoms with Crippen LogP contribution in [0.3, 0.4) is 0 Å². The number of rotatable bonds is 18. The molecule has 2 aromatic rings. The quantitative estimate of drug-likeness (QED) is 0.108. The summed E-state index contributed by atoms with van der Waals surface area (Å²) in [6.07, 6.45) is 5.91. The molecule has 0 aromatic heterocycles. The number of hydrogen-bond acceptors (Lipinski definition) is 10. The highest BCUT2D eigenvalue weighted by atomic mass is 16.5. The molecule has 0 saturated carbocycles. The lowest BCUT2D eigenvalue weighted by Gasteiger charge is -2.10. The summed E-state index contributed by atoms with van der Waals surface area (Å²) in [5.74, 6) is 0.372. The minimum absolute atomic E-state index is 0.145. The fraction of sp³-hybridized carbons (Fsp3) is 0.355. The first-order chi connectivity index (χ1) is 19.8. The molecule has 0 spiro atoms. The van der Waals surface area contributed by atoms with Crippen LogP contribution in [0.15, 0.2) is 61.1 Å². The van der Waals surface area contributed by atoms with Gasteiger partial charge in [-0.1, -0.05) is 12.1 Å². The molecule has 0 amide bonds. The van der Waals surface area contributed by atoms with Crippen LogP contribution in [-0.4, -0.2) is 50.9 Å². The molecule has 220 valence electrons. The molecule has 0 bridgehead atoms. The number of methoxy groups -OCH3 is 2. The highest BCUT2D eigenvalue weighted by Crippen LogP contribution is 2.30. The molecule has 41 heavy (non-hydrogen) atoms. The number of carbonyl (C=O) groups is 4. The molecule has 0 aliphatic carbocycles. The van der Waals surface area contributed by atoms with Crippen LogP contribution in [-0.2, 0) is 41.5 Å². The number of esters is 2. The molecule has 2 rings (SSSR count). The molecule has 0 aliphatic rings. The second-order valence-electron chi connectivity index (χ2n) is 8.57. The molecule has 0 fully saturated rings. The summed E-state index contributed by atoms with van der Waals surface area (Å²) in [6.45, 7) is 3.96. The minimum atomic E-state index is -0.513. The van der Waals surface area contributed by atoms with E-state index >= 15 is 0 Å². The molecule has 0 unspecified atom stereocenters. The Labute approximate surface area is 239 Å². The van der Waals surface area contributed by atoms with E-state index in [0.29, 0.717) is 35.8 Å². The largest absolute Gasteiger partial charge is 0.493 e. The van der Waals surface area contributed by atoms with Crippen LogP contribution >= 0.6 is 0 Å². The van der Waals surface area contributed by atoms with Crippen LogP contribution in [0.1, 0.15) is 44.2 Å². The zero-order valence-corrected chi connectivity index (χ0v) is 23.8. The second-order valence-corrected chi connectivity index (χ2v) is 8.57. The number of carbonyl (C=O) groups excluding carboxylic acids is 4. The summed E-state index contributed by atoms with van der Waals surface area (Å²) in [6, 6.07) is 10.4. The Morgan fingerprint density at radius 1 is 0.634 bits per heavy atom. The predicted molar refractivity (Wildman–Crippen MR) is 150 cm³/mol. The molecule has 0 N–H and O–H groups in total. The Kier molecular flexibility index (Phi) is 14.2. The molecule has 0 atom stereocenters. The topological polar surface area (TPSA) is 124 Å². The first kappa shape index (κ1) is 32.6. The first-order valence-electron chi connectivity index (χ1n) is 13.2. The third kappa shape index (κ3) is 12.0. The monoisotopic (exact) mass is 568 g/mol. The van der Waals surface area contributed by atoms with Crippen LogP contribution in [0, 0.1) is 0 Å². The van der Waals surface area contributed by atoms with E-state index in [1.165, 1.54) is 38.9 Å². The molecule has 0 radical (unpaired) electrons. The van der Waals surface area contributed by atoms with Gasteiger partial charge in [-0.25, -0.2) is 9.59 Å². The fourth-order valence-corrected chi connectivity index (χ4v) is 3.60. The van der Waals surface area contributed by atoms with Crippen molar-refractivity contribution in [3.63, 3.8) is 0 Å². The summed E-state index contributed by atoms with van der Waals surface area (Å²) < 4.78 is 31.2. The van der Waals surface area contributed by atoms with E-state index in [1.54, 1.807) is 50.2 Å². The van der Waals surface area contributed by atoms with Crippen LogP contribution in [0.5, 0.6) is 23.0 Å². The number of aryl methyl sites for hydroxylation is 2. The average molecular weight is 569 g/mol. The maximum absolute atomic E-state index is 12.4. The number of ether oxygens (including phenoxy) is 6. The van der Waals surface area contributed by atoms with Crippen molar-refractivity contribution in [2.24, 2.45) is 0 Å². The molecular weight excluding hydrogens is 532 g/mol. The van der Waals surface area contributed by atoms with Crippen LogP contribution in [0.4, 0.5) is 0 Å². The van der Waals surface area contributed by atoms with Gasteiger partial charge in [0.05, 0.1) is 58.5 Å². The number of benzene rings is 2. The summed E-state index contributed by atoms with van der Waals surface area (Å²) in [5.41, 5.74) is 1.69. The molecule has 0 saturated heterocycles. The molecule has 0 aliphatic heterocycles. The van der Waals surface area contributed by atoms with Gasteiger partial charge in [0.2, 0.25) is 0 Å². The zero-order valence-electron chi connectivity index (χ0n) is 23.8. The van der Waals surface area contributed by atoms with Crippen molar-refractivity contribution in [3.05, 3.63) is 72.2 Å². The third-order valence-electron chi connectivity index (χ3n) is 5.61. The summed E-state index contributed by atoms with van der Waals surface area (Å²) >= 11 is 0. The fourth-order valence-electron chi connectivity index (χ4n) is 3.60. The third-order valence-corrected chi connectivity index (χ3v) is 5.61. The lowest BCUT2D eigenvalue weighted by Crippen LogP contribution is -2.09. The van der Waals surface area contributed by atoms with E-state index in [-0.39, 0.29) is 44.0 Å². The first-order valence-corrected chi connectivity index (χ1v) is 13.2. The Hall–Kier alpha value is -4.60. The maximum atomic E-state index is 12.4. The summed E-state index contributed by atoms with van der Waals surface area (Å²) in [4.78, 5) is 47.7. The van der Waals surface area contributed by atoms with Gasteiger partial charge >= 0.3 is 11.9 Å². The molecule has 2 aromatic carbocycles. The average Bonchev–Trinajstić information content (AvgIpc) is 2.96. The Bertz CT molecular complexity index is 1150. The van der Waals surface area contributed by atoms with Gasteiger partial charge < -0.3 is 28.4 Å². The smallest absolute Gasteiger partial charge is 0.333 e. The number of hydrogen-bond donors (Lipinski definition) is 0. The van der Waals surface area contributed by atoms with Crippen molar-refractivity contribution in [2.45, 2.75) is 46.0 Å². The van der Waals surface area contributed by atoms with Gasteiger partial charge in [0.25, 0.3) is 0 Å². The number of Topliss-reactive ketones (excluding diaryl/α,β-unsaturated/α-hetero) is 2. The van der Waals surface area contributed by atoms with E-state index < -0.39 is 11.9 Å². The van der Waals surface area contributed by atoms with Gasteiger partial charge in [0.15, 0.2) is 23.0 Å². The Balaban J connectivity index is 1.82. The highest BCUT2D eigenvalue weighted by Gasteiger charge is 2.13. The van der Waals surface area contributed by atoms with Crippen LogP contribution in [0.2, 0.25) is 0 Å². The molecule has 0 heterocycles. The Morgan fingerprint density at radius 2 is 1.05 bits per heavy atom. The zero-order chi connectivity index (χ0) is 30.0. The molecule has 10 heteroatoms. The van der Waals surface area contributed by atoms with Crippen LogP contribution in [0.25, 0.3) is 0 Å². The lowest BCUT2D eigenvalue weighted by atomic mass is 10.0. The van der Waals surface area contributed by atoms with Crippen LogP contribution < -0.4 is 18.9 Å².